The van der Waals surface area contributed by atoms with Gasteiger partial charge in [0.2, 0.25) is 5.43 Å². The number of esters is 1. The second kappa shape index (κ2) is 6.75. The number of hydrogen-bond donors (Lipinski definition) is 1. The molecule has 27 heavy (non-hydrogen) atoms. The van der Waals surface area contributed by atoms with Gasteiger partial charge >= 0.3 is 5.97 Å². The first-order chi connectivity index (χ1) is 13.0. The number of halogens is 1. The summed E-state index contributed by atoms with van der Waals surface area (Å²) < 4.78 is 21.5. The van der Waals surface area contributed by atoms with Gasteiger partial charge in [0.15, 0.2) is 0 Å². The van der Waals surface area contributed by atoms with E-state index >= 15 is 0 Å². The summed E-state index contributed by atoms with van der Waals surface area (Å²) in [6.07, 6.45) is 5.00. The van der Waals surface area contributed by atoms with Crippen molar-refractivity contribution in [3.8, 4) is 0 Å². The van der Waals surface area contributed by atoms with Crippen molar-refractivity contribution in [2.45, 2.75) is 51.0 Å². The quantitative estimate of drug-likeness (QED) is 0.505. The molecule has 0 amide bonds. The van der Waals surface area contributed by atoms with E-state index in [2.05, 4.69) is 10.1 Å². The fourth-order valence-electron chi connectivity index (χ4n) is 3.69. The molecule has 0 aromatic carbocycles. The molecule has 1 atom stereocenters. The molecule has 2 saturated carbocycles. The zero-order chi connectivity index (χ0) is 19.1. The molecule has 1 N–H and O–H groups in total. The van der Waals surface area contributed by atoms with E-state index < -0.39 is 17.2 Å². The van der Waals surface area contributed by atoms with Gasteiger partial charge in [-0.1, -0.05) is 5.16 Å². The summed E-state index contributed by atoms with van der Waals surface area (Å²) in [6.45, 7) is 1.82. The molecule has 8 heteroatoms. The van der Waals surface area contributed by atoms with Crippen molar-refractivity contribution < 1.29 is 19.1 Å². The van der Waals surface area contributed by atoms with Crippen LogP contribution in [0.5, 0.6) is 0 Å². The lowest BCUT2D eigenvalue weighted by molar-refractivity contribution is 0.0524. The molecule has 2 aliphatic rings. The number of aromatic nitrogens is 2. The number of carbonyl (C=O) groups is 1. The van der Waals surface area contributed by atoms with Crippen LogP contribution >= 0.6 is 0 Å². The normalized spacial score (nSPS) is 21.1. The third-order valence-electron chi connectivity index (χ3n) is 5.21. The highest BCUT2D eigenvalue weighted by molar-refractivity contribution is 5.93. The van der Waals surface area contributed by atoms with Crippen LogP contribution in [0.2, 0.25) is 0 Å². The van der Waals surface area contributed by atoms with Crippen LogP contribution < -0.4 is 5.43 Å². The van der Waals surface area contributed by atoms with E-state index in [-0.39, 0.29) is 35.2 Å². The van der Waals surface area contributed by atoms with Crippen molar-refractivity contribution >= 4 is 22.7 Å². The average Bonchev–Trinajstić information content (AvgIpc) is 3.39. The van der Waals surface area contributed by atoms with Gasteiger partial charge in [0, 0.05) is 18.2 Å². The highest BCUT2D eigenvalue weighted by Gasteiger charge is 2.31. The molecule has 0 radical (unpaired) electrons. The van der Waals surface area contributed by atoms with Gasteiger partial charge < -0.3 is 14.5 Å². The van der Waals surface area contributed by atoms with Crippen molar-refractivity contribution in [3.05, 3.63) is 39.6 Å². The Morgan fingerprint density at radius 2 is 2.22 bits per heavy atom. The molecule has 2 aliphatic carbocycles. The van der Waals surface area contributed by atoms with Crippen LogP contribution in [0.1, 0.15) is 67.0 Å². The summed E-state index contributed by atoms with van der Waals surface area (Å²) >= 11 is 0. The predicted octanol–water partition coefficient (Wildman–Crippen LogP) is 3.14. The van der Waals surface area contributed by atoms with Crippen LogP contribution in [0.4, 0.5) is 4.39 Å². The Morgan fingerprint density at radius 3 is 2.85 bits per heavy atom. The first kappa shape index (κ1) is 17.6. The average molecular weight is 373 g/mol. The first-order valence-corrected chi connectivity index (χ1v) is 9.15. The number of rotatable bonds is 4. The molecule has 7 nitrogen and oxygen atoms in total. The van der Waals surface area contributed by atoms with E-state index in [1.54, 1.807) is 11.5 Å². The van der Waals surface area contributed by atoms with E-state index in [1.165, 1.54) is 12.3 Å². The molecule has 2 fully saturated rings. The van der Waals surface area contributed by atoms with E-state index in [1.807, 2.05) is 0 Å². The smallest absolute Gasteiger partial charge is 0.343 e. The molecule has 2 aromatic heterocycles. The van der Waals surface area contributed by atoms with Gasteiger partial charge in [-0.05, 0) is 45.1 Å². The van der Waals surface area contributed by atoms with Gasteiger partial charge in [0.05, 0.1) is 23.4 Å². The fourth-order valence-corrected chi connectivity index (χ4v) is 3.69. The van der Waals surface area contributed by atoms with Crippen LogP contribution in [0.15, 0.2) is 22.2 Å². The minimum Gasteiger partial charge on any atom is -0.462 e. The van der Waals surface area contributed by atoms with Gasteiger partial charge in [0.1, 0.15) is 17.0 Å². The van der Waals surface area contributed by atoms with Gasteiger partial charge in [-0.2, -0.15) is 0 Å². The predicted molar refractivity (Wildman–Crippen MR) is 96.0 cm³/mol. The topological polar surface area (TPSA) is 93.8 Å². The molecule has 142 valence electrons. The molecule has 2 heterocycles. The zero-order valence-corrected chi connectivity index (χ0v) is 14.9. The van der Waals surface area contributed by atoms with E-state index in [9.17, 15) is 14.0 Å². The number of hydrogen-bond acceptors (Lipinski definition) is 6. The lowest BCUT2D eigenvalue weighted by atomic mass is 10.0. The number of carbonyl (C=O) groups excluding carboxylic acids is 1. The fraction of sp³-hybridized carbons (Fsp3) is 0.474. The van der Waals surface area contributed by atoms with Crippen LogP contribution in [0.3, 0.4) is 0 Å². The minimum atomic E-state index is -0.706. The largest absolute Gasteiger partial charge is 0.462 e. The van der Waals surface area contributed by atoms with Crippen LogP contribution in [-0.4, -0.2) is 33.0 Å². The van der Waals surface area contributed by atoms with Crippen LogP contribution in [0.25, 0.3) is 11.0 Å². The Hall–Kier alpha value is -2.77. The Kier molecular flexibility index (Phi) is 4.41. The molecule has 0 saturated heterocycles. The van der Waals surface area contributed by atoms with Crippen molar-refractivity contribution in [2.24, 2.45) is 5.16 Å². The minimum absolute atomic E-state index is 0.0859. The molecular formula is C19H20FN3O4. The number of fused-ring (bicyclic) bond motifs is 1. The van der Waals surface area contributed by atoms with Gasteiger partial charge in [-0.25, -0.2) is 14.2 Å². The molecule has 4 rings (SSSR count). The van der Waals surface area contributed by atoms with Crippen molar-refractivity contribution in [1.82, 2.24) is 9.55 Å². The lowest BCUT2D eigenvalue weighted by Gasteiger charge is -2.15. The van der Waals surface area contributed by atoms with Crippen LogP contribution in [0, 0.1) is 5.82 Å². The summed E-state index contributed by atoms with van der Waals surface area (Å²) in [4.78, 5) is 29.4. The third-order valence-corrected chi connectivity index (χ3v) is 5.21. The maximum absolute atomic E-state index is 14.8. The van der Waals surface area contributed by atoms with Crippen molar-refractivity contribution in [2.75, 3.05) is 6.61 Å². The summed E-state index contributed by atoms with van der Waals surface area (Å²) in [5.74, 6) is -1.47. The second-order valence-electron chi connectivity index (χ2n) is 7.06. The summed E-state index contributed by atoms with van der Waals surface area (Å²) in [5.41, 5.74) is 0.627. The van der Waals surface area contributed by atoms with E-state index in [4.69, 9.17) is 9.94 Å². The highest BCUT2D eigenvalue weighted by Crippen LogP contribution is 2.38. The van der Waals surface area contributed by atoms with E-state index in [0.29, 0.717) is 30.6 Å². The summed E-state index contributed by atoms with van der Waals surface area (Å²) in [6, 6.07) is 1.32. The van der Waals surface area contributed by atoms with Gasteiger partial charge in [0.25, 0.3) is 0 Å². The second-order valence-corrected chi connectivity index (χ2v) is 7.06. The van der Waals surface area contributed by atoms with Crippen LogP contribution in [-0.2, 0) is 4.74 Å². The Labute approximate surface area is 154 Å². The summed E-state index contributed by atoms with van der Waals surface area (Å²) in [7, 11) is 0. The molecule has 0 aliphatic heterocycles. The Morgan fingerprint density at radius 1 is 1.44 bits per heavy atom. The maximum atomic E-state index is 14.8. The Bertz CT molecular complexity index is 1010. The molecule has 2 aromatic rings. The lowest BCUT2D eigenvalue weighted by Crippen LogP contribution is -2.22. The van der Waals surface area contributed by atoms with Gasteiger partial charge in [-0.3, -0.25) is 4.79 Å². The van der Waals surface area contributed by atoms with E-state index in [0.717, 1.165) is 12.8 Å². The van der Waals surface area contributed by atoms with Crippen molar-refractivity contribution in [1.29, 1.82) is 0 Å². The molecular weight excluding hydrogens is 353 g/mol. The Balaban J connectivity index is 1.88. The van der Waals surface area contributed by atoms with Crippen molar-refractivity contribution in [3.63, 3.8) is 0 Å². The number of ether oxygens (including phenoxy) is 1. The summed E-state index contributed by atoms with van der Waals surface area (Å²) in [5, 5.41) is 12.3. The molecule has 0 spiro atoms. The molecule has 0 bridgehead atoms. The third kappa shape index (κ3) is 3.09. The SMILES string of the molecule is CCOC(=O)c1cn(C2CC2)c2nc(C3CC/C(=N/O)C3)c(F)cc2c1=O. The number of nitrogens with zero attached hydrogens (tertiary/aromatic N) is 3. The highest BCUT2D eigenvalue weighted by atomic mass is 19.1. The molecule has 1 unspecified atom stereocenters. The standard InChI is InChI=1S/C19H20FN3O4/c1-2-27-19(25)14-9-23(12-5-6-12)18-13(17(14)24)8-15(20)16(21-18)10-3-4-11(7-10)22-26/h8-10,12,26H,2-7H2,1H3/b22-11-. The number of pyridine rings is 2. The maximum Gasteiger partial charge on any atom is 0.343 e. The number of oxime groups is 1. The zero-order valence-electron chi connectivity index (χ0n) is 14.9. The van der Waals surface area contributed by atoms with Gasteiger partial charge in [-0.15, -0.1) is 0 Å². The first-order valence-electron chi connectivity index (χ1n) is 9.15. The monoisotopic (exact) mass is 373 g/mol.